The summed E-state index contributed by atoms with van der Waals surface area (Å²) < 4.78 is 0. The summed E-state index contributed by atoms with van der Waals surface area (Å²) in [5.74, 6) is 0.102. The van der Waals surface area contributed by atoms with Gasteiger partial charge in [-0.3, -0.25) is 0 Å². The van der Waals surface area contributed by atoms with E-state index in [2.05, 4.69) is 12.6 Å². The Kier molecular flexibility index (Phi) is 1.95. The van der Waals surface area contributed by atoms with Gasteiger partial charge in [0.25, 0.3) is 0 Å². The summed E-state index contributed by atoms with van der Waals surface area (Å²) >= 11 is 4.06. The Bertz CT molecular complexity index is 237. The highest BCUT2D eigenvalue weighted by Crippen LogP contribution is 2.14. The lowest BCUT2D eigenvalue weighted by atomic mass is 9.90. The van der Waals surface area contributed by atoms with Crippen molar-refractivity contribution in [1.29, 1.82) is 0 Å². The fourth-order valence-electron chi connectivity index (χ4n) is 0.761. The zero-order chi connectivity index (χ0) is 7.72. The molecule has 0 saturated carbocycles. The van der Waals surface area contributed by atoms with Crippen LogP contribution < -0.4 is 5.46 Å². The van der Waals surface area contributed by atoms with Gasteiger partial charge in [0.1, 0.15) is 13.6 Å². The predicted molar refractivity (Wildman–Crippen MR) is 45.5 cm³/mol. The molecule has 1 rings (SSSR count). The van der Waals surface area contributed by atoms with Gasteiger partial charge in [-0.1, -0.05) is 11.0 Å². The lowest BCUT2D eigenvalue weighted by Gasteiger charge is -2.03. The number of rotatable bonds is 0. The third kappa shape index (κ3) is 1.29. The van der Waals surface area contributed by atoms with Crippen molar-refractivity contribution in [3.05, 3.63) is 17.7 Å². The van der Waals surface area contributed by atoms with E-state index in [1.165, 1.54) is 6.07 Å². The number of benzene rings is 1. The van der Waals surface area contributed by atoms with E-state index in [1.54, 1.807) is 6.07 Å². The molecule has 0 atom stereocenters. The lowest BCUT2D eigenvalue weighted by molar-refractivity contribution is 0.478. The van der Waals surface area contributed by atoms with Crippen molar-refractivity contribution in [1.82, 2.24) is 0 Å². The molecule has 0 saturated heterocycles. The molecule has 10 heavy (non-hydrogen) atoms. The van der Waals surface area contributed by atoms with E-state index in [0.717, 1.165) is 10.5 Å². The van der Waals surface area contributed by atoms with Crippen LogP contribution in [-0.2, 0) is 0 Å². The van der Waals surface area contributed by atoms with Crippen LogP contribution in [0.1, 0.15) is 5.56 Å². The van der Waals surface area contributed by atoms with Crippen molar-refractivity contribution in [2.75, 3.05) is 0 Å². The maximum Gasteiger partial charge on any atom is 0.119 e. The first-order chi connectivity index (χ1) is 4.61. The van der Waals surface area contributed by atoms with Crippen molar-refractivity contribution in [2.24, 2.45) is 0 Å². The van der Waals surface area contributed by atoms with Gasteiger partial charge < -0.3 is 5.11 Å². The number of hydrogen-bond acceptors (Lipinski definition) is 2. The molecular weight excluding hydrogens is 143 g/mol. The Morgan fingerprint density at radius 1 is 1.50 bits per heavy atom. The van der Waals surface area contributed by atoms with Crippen molar-refractivity contribution in [3.63, 3.8) is 0 Å². The Morgan fingerprint density at radius 2 is 2.10 bits per heavy atom. The van der Waals surface area contributed by atoms with Gasteiger partial charge in [0.05, 0.1) is 0 Å². The van der Waals surface area contributed by atoms with E-state index < -0.39 is 0 Å². The number of hydrogen-bond donors (Lipinski definition) is 2. The molecule has 1 aromatic rings. The molecule has 0 aliphatic carbocycles. The van der Waals surface area contributed by atoms with Crippen LogP contribution in [0.2, 0.25) is 0 Å². The number of aryl methyl sites for hydroxylation is 1. The van der Waals surface area contributed by atoms with E-state index >= 15 is 0 Å². The van der Waals surface area contributed by atoms with Gasteiger partial charge in [-0.05, 0) is 19.1 Å². The van der Waals surface area contributed by atoms with Gasteiger partial charge in [-0.2, -0.15) is 0 Å². The van der Waals surface area contributed by atoms with Gasteiger partial charge >= 0.3 is 0 Å². The highest BCUT2D eigenvalue weighted by molar-refractivity contribution is 7.80. The van der Waals surface area contributed by atoms with Crippen LogP contribution in [0.15, 0.2) is 17.0 Å². The van der Waals surface area contributed by atoms with E-state index in [4.69, 9.17) is 13.0 Å². The van der Waals surface area contributed by atoms with E-state index in [0.29, 0.717) is 5.46 Å². The molecule has 0 unspecified atom stereocenters. The fourth-order valence-corrected chi connectivity index (χ4v) is 1.08. The van der Waals surface area contributed by atoms with Crippen molar-refractivity contribution >= 4 is 25.9 Å². The molecule has 0 aromatic heterocycles. The molecule has 2 radical (unpaired) electrons. The molecule has 0 aliphatic rings. The minimum atomic E-state index is 0.102. The average molecular weight is 150 g/mol. The normalized spacial score (nSPS) is 9.80. The standard InChI is InChI=1S/C7H7BOS/c1-4-2-5(10)3-6(9)7(4)8/h2-3,9-10H,1H3. The summed E-state index contributed by atoms with van der Waals surface area (Å²) in [5.41, 5.74) is 1.28. The zero-order valence-corrected chi connectivity index (χ0v) is 6.52. The minimum Gasteiger partial charge on any atom is -0.509 e. The van der Waals surface area contributed by atoms with Gasteiger partial charge in [-0.15, -0.1) is 12.6 Å². The highest BCUT2D eigenvalue weighted by atomic mass is 32.1. The molecular formula is C7H7BOS. The van der Waals surface area contributed by atoms with E-state index in [1.807, 2.05) is 6.92 Å². The Hall–Kier alpha value is -0.565. The largest absolute Gasteiger partial charge is 0.509 e. The average Bonchev–Trinajstić information content (AvgIpc) is 1.82. The molecule has 0 fully saturated rings. The fraction of sp³-hybridized carbons (Fsp3) is 0.143. The number of phenolic OH excluding ortho intramolecular Hbond substituents is 1. The van der Waals surface area contributed by atoms with Gasteiger partial charge in [0, 0.05) is 4.90 Å². The molecule has 3 heteroatoms. The summed E-state index contributed by atoms with van der Waals surface area (Å²) in [5, 5.41) is 9.11. The molecule has 0 bridgehead atoms. The maximum absolute atomic E-state index is 9.11. The van der Waals surface area contributed by atoms with Gasteiger partial charge in [0.15, 0.2) is 0 Å². The van der Waals surface area contributed by atoms with Crippen LogP contribution in [0.25, 0.3) is 0 Å². The second-order valence-electron chi connectivity index (χ2n) is 2.20. The Labute approximate surface area is 66.9 Å². The first-order valence-corrected chi connectivity index (χ1v) is 3.34. The molecule has 0 amide bonds. The molecule has 1 N–H and O–H groups in total. The third-order valence-electron chi connectivity index (χ3n) is 1.35. The SMILES string of the molecule is [B]c1c(C)cc(S)cc1O. The molecule has 0 spiro atoms. The van der Waals surface area contributed by atoms with Crippen LogP contribution in [0, 0.1) is 6.92 Å². The van der Waals surface area contributed by atoms with Crippen molar-refractivity contribution in [2.45, 2.75) is 11.8 Å². The van der Waals surface area contributed by atoms with Crippen molar-refractivity contribution < 1.29 is 5.11 Å². The summed E-state index contributed by atoms with van der Waals surface area (Å²) in [6.07, 6.45) is 0. The topological polar surface area (TPSA) is 20.2 Å². The Morgan fingerprint density at radius 3 is 2.60 bits per heavy atom. The molecule has 50 valence electrons. The molecule has 0 heterocycles. The van der Waals surface area contributed by atoms with Crippen LogP contribution in [-0.4, -0.2) is 13.0 Å². The van der Waals surface area contributed by atoms with Crippen LogP contribution in [0.3, 0.4) is 0 Å². The number of aromatic hydroxyl groups is 1. The van der Waals surface area contributed by atoms with Gasteiger partial charge in [-0.25, -0.2) is 0 Å². The zero-order valence-electron chi connectivity index (χ0n) is 5.63. The molecule has 0 aliphatic heterocycles. The van der Waals surface area contributed by atoms with Crippen LogP contribution in [0.5, 0.6) is 5.75 Å². The maximum atomic E-state index is 9.11. The molecule has 1 aromatic carbocycles. The quantitative estimate of drug-likeness (QED) is 0.413. The van der Waals surface area contributed by atoms with Crippen LogP contribution in [0.4, 0.5) is 0 Å². The number of thiol groups is 1. The Balaban J connectivity index is 3.31. The van der Waals surface area contributed by atoms with Gasteiger partial charge in [0.2, 0.25) is 0 Å². The third-order valence-corrected chi connectivity index (χ3v) is 1.61. The van der Waals surface area contributed by atoms with E-state index in [9.17, 15) is 0 Å². The smallest absolute Gasteiger partial charge is 0.119 e. The summed E-state index contributed by atoms with van der Waals surface area (Å²) in [4.78, 5) is 0.726. The summed E-state index contributed by atoms with van der Waals surface area (Å²) in [7, 11) is 5.47. The second kappa shape index (κ2) is 2.58. The monoisotopic (exact) mass is 150 g/mol. The first-order valence-electron chi connectivity index (χ1n) is 2.89. The van der Waals surface area contributed by atoms with Crippen molar-refractivity contribution in [3.8, 4) is 5.75 Å². The van der Waals surface area contributed by atoms with Crippen LogP contribution >= 0.6 is 12.6 Å². The number of phenols is 1. The molecule has 1 nitrogen and oxygen atoms in total. The van der Waals surface area contributed by atoms with E-state index in [-0.39, 0.29) is 5.75 Å². The first kappa shape index (κ1) is 7.54. The lowest BCUT2D eigenvalue weighted by Crippen LogP contribution is -2.06. The highest BCUT2D eigenvalue weighted by Gasteiger charge is 1.98. The minimum absolute atomic E-state index is 0.102. The summed E-state index contributed by atoms with van der Waals surface area (Å²) in [6, 6.07) is 3.32. The summed E-state index contributed by atoms with van der Waals surface area (Å²) in [6.45, 7) is 1.83. The predicted octanol–water partition coefficient (Wildman–Crippen LogP) is 0.783. The second-order valence-corrected chi connectivity index (χ2v) is 2.71.